The second-order valence-electron chi connectivity index (χ2n) is 10.2. The predicted octanol–water partition coefficient (Wildman–Crippen LogP) is 4.41. The van der Waals surface area contributed by atoms with Crippen molar-refractivity contribution in [1.82, 2.24) is 14.9 Å². The molecule has 3 heterocycles. The molecule has 3 N–H and O–H groups in total. The summed E-state index contributed by atoms with van der Waals surface area (Å²) in [5.41, 5.74) is 10.3. The molecule has 1 atom stereocenters. The van der Waals surface area contributed by atoms with Crippen LogP contribution in [0, 0.1) is 13.8 Å². The van der Waals surface area contributed by atoms with Gasteiger partial charge in [0.2, 0.25) is 0 Å². The molecule has 2 aromatic heterocycles. The number of aryl methyl sites for hydroxylation is 4. The Kier molecular flexibility index (Phi) is 11.1. The zero-order valence-electron chi connectivity index (χ0n) is 23.6. The van der Waals surface area contributed by atoms with Crippen molar-refractivity contribution in [3.8, 4) is 11.5 Å². The van der Waals surface area contributed by atoms with E-state index in [0.29, 0.717) is 31.9 Å². The van der Waals surface area contributed by atoms with Crippen LogP contribution < -0.4 is 20.7 Å². The Morgan fingerprint density at radius 1 is 1.05 bits per heavy atom. The smallest absolute Gasteiger partial charge is 0.371 e. The highest BCUT2D eigenvalue weighted by molar-refractivity contribution is 5.75. The van der Waals surface area contributed by atoms with E-state index >= 15 is 0 Å². The number of unbranched alkanes of at least 4 members (excludes halogenated alkanes) is 1. The minimum absolute atomic E-state index is 0.444. The second kappa shape index (κ2) is 15.2. The van der Waals surface area contributed by atoms with Gasteiger partial charge in [0, 0.05) is 31.5 Å². The molecule has 0 aliphatic carbocycles. The van der Waals surface area contributed by atoms with Gasteiger partial charge in [-0.15, -0.1) is 0 Å². The number of nitrogens with two attached hydrogens (primary N) is 1. The number of carbonyl (C=O) groups excluding carboxylic acids is 1. The Bertz CT molecular complexity index is 1240. The number of pyridine rings is 2. The van der Waals surface area contributed by atoms with Crippen LogP contribution >= 0.6 is 0 Å². The van der Waals surface area contributed by atoms with Crippen LogP contribution in [0.1, 0.15) is 48.2 Å². The Labute approximate surface area is 237 Å². The highest BCUT2D eigenvalue weighted by Gasteiger charge is 2.19. The lowest BCUT2D eigenvalue weighted by atomic mass is 10.1. The average Bonchev–Trinajstić information content (AvgIpc) is 2.97. The van der Waals surface area contributed by atoms with E-state index in [-0.39, 0.29) is 0 Å². The van der Waals surface area contributed by atoms with Gasteiger partial charge in [-0.25, -0.2) is 14.7 Å². The van der Waals surface area contributed by atoms with E-state index in [1.165, 1.54) is 5.56 Å². The molecule has 1 aliphatic rings. The van der Waals surface area contributed by atoms with Gasteiger partial charge in [-0.2, -0.15) is 0 Å². The Balaban J connectivity index is 1.25. The zero-order chi connectivity index (χ0) is 28.2. The molecule has 9 nitrogen and oxygen atoms in total. The summed E-state index contributed by atoms with van der Waals surface area (Å²) in [5.74, 6) is 1.73. The number of hydrogen-bond donors (Lipinski definition) is 2. The summed E-state index contributed by atoms with van der Waals surface area (Å²) in [5, 5.41) is 3.41. The van der Waals surface area contributed by atoms with Crippen molar-refractivity contribution in [3.63, 3.8) is 0 Å². The molecule has 0 saturated carbocycles. The number of rotatable bonds is 15. The minimum atomic E-state index is -0.791. The number of benzene rings is 1. The fraction of sp³-hybridized carbons (Fsp3) is 0.452. The van der Waals surface area contributed by atoms with Crippen LogP contribution in [-0.2, 0) is 22.5 Å². The molecular weight excluding hydrogens is 506 g/mol. The Morgan fingerprint density at radius 2 is 1.90 bits per heavy atom. The van der Waals surface area contributed by atoms with Crippen LogP contribution in [0.15, 0.2) is 54.7 Å². The number of para-hydroxylation sites is 1. The predicted molar refractivity (Wildman–Crippen MR) is 155 cm³/mol. The number of ether oxygens (including phenoxy) is 1. The van der Waals surface area contributed by atoms with Crippen molar-refractivity contribution in [2.75, 3.05) is 38.1 Å². The Hall–Kier alpha value is -3.69. The largest absolute Gasteiger partial charge is 0.490 e. The van der Waals surface area contributed by atoms with Crippen molar-refractivity contribution in [3.05, 3.63) is 77.2 Å². The van der Waals surface area contributed by atoms with Crippen molar-refractivity contribution in [2.24, 2.45) is 5.73 Å². The first-order chi connectivity index (χ1) is 19.5. The first-order valence-corrected chi connectivity index (χ1v) is 14.2. The molecule has 0 bridgehead atoms. The molecule has 9 heteroatoms. The maximum absolute atomic E-state index is 12.5. The molecule has 0 fully saturated rings. The molecule has 3 aromatic rings. The molecule has 0 spiro atoms. The van der Waals surface area contributed by atoms with E-state index in [9.17, 15) is 4.79 Å². The van der Waals surface area contributed by atoms with Gasteiger partial charge in [0.25, 0.3) is 0 Å². The highest BCUT2D eigenvalue weighted by atomic mass is 17.2. The maximum atomic E-state index is 12.5. The van der Waals surface area contributed by atoms with E-state index in [4.69, 9.17) is 25.2 Å². The maximum Gasteiger partial charge on any atom is 0.371 e. The number of nitrogens with one attached hydrogen (secondary N) is 1. The first kappa shape index (κ1) is 29.3. The molecule has 214 valence electrons. The summed E-state index contributed by atoms with van der Waals surface area (Å²) in [6.45, 7) is 7.52. The minimum Gasteiger partial charge on any atom is -0.490 e. The van der Waals surface area contributed by atoms with Crippen LogP contribution in [0.2, 0.25) is 0 Å². The molecule has 1 aliphatic heterocycles. The van der Waals surface area contributed by atoms with Crippen LogP contribution in [0.5, 0.6) is 11.5 Å². The summed E-state index contributed by atoms with van der Waals surface area (Å²) in [4.78, 5) is 34.1. The summed E-state index contributed by atoms with van der Waals surface area (Å²) in [6, 6.07) is 14.7. The third-order valence-electron chi connectivity index (χ3n) is 7.10. The molecule has 1 aromatic carbocycles. The van der Waals surface area contributed by atoms with Gasteiger partial charge in [0.15, 0.2) is 5.75 Å². The first-order valence-electron chi connectivity index (χ1n) is 14.2. The van der Waals surface area contributed by atoms with Gasteiger partial charge in [-0.3, -0.25) is 14.8 Å². The van der Waals surface area contributed by atoms with Crippen molar-refractivity contribution < 1.29 is 19.3 Å². The number of carbonyl (C=O) groups is 1. The van der Waals surface area contributed by atoms with Gasteiger partial charge in [-0.05, 0) is 94.3 Å². The highest BCUT2D eigenvalue weighted by Crippen LogP contribution is 2.21. The molecule has 4 rings (SSSR count). The van der Waals surface area contributed by atoms with E-state index in [1.807, 2.05) is 44.2 Å². The van der Waals surface area contributed by atoms with Gasteiger partial charge >= 0.3 is 5.97 Å². The van der Waals surface area contributed by atoms with Gasteiger partial charge in [0.05, 0.1) is 5.69 Å². The molecule has 0 saturated heterocycles. The van der Waals surface area contributed by atoms with E-state index in [1.54, 1.807) is 12.3 Å². The molecular formula is C31H41N5O4. The number of nitrogens with zero attached hydrogens (tertiary/aromatic N) is 3. The van der Waals surface area contributed by atoms with Gasteiger partial charge < -0.3 is 15.8 Å². The quantitative estimate of drug-likeness (QED) is 0.162. The number of hydrogen-bond acceptors (Lipinski definition) is 9. The number of fused-ring (bicyclic) bond motifs is 1. The monoisotopic (exact) mass is 547 g/mol. The standard InChI is InChI=1S/C31H41N5O4/c1-23-9-3-4-12-28(23)39-40-31(37)27(32)16-20-36(21-22-38-29-13-8-17-33-24(29)2)19-6-5-11-26-15-14-25-10-7-18-34-30(25)35-26/h3-4,8-9,12-15,17,27H,5-7,10-11,16,18-22,32H2,1-2H3,(H,34,35)/t27-/m0/s1. The molecule has 0 radical (unpaired) electrons. The van der Waals surface area contributed by atoms with E-state index in [0.717, 1.165) is 73.7 Å². The SMILES string of the molecule is Cc1ccccc1OOC(=O)[C@@H](N)CCN(CCCCc1ccc2c(n1)NCCC2)CCOc1cccnc1C. The Morgan fingerprint density at radius 3 is 2.75 bits per heavy atom. The summed E-state index contributed by atoms with van der Waals surface area (Å²) < 4.78 is 5.98. The van der Waals surface area contributed by atoms with Gasteiger partial charge in [-0.1, -0.05) is 24.3 Å². The third kappa shape index (κ3) is 8.93. The van der Waals surface area contributed by atoms with Crippen molar-refractivity contribution in [1.29, 1.82) is 0 Å². The lowest BCUT2D eigenvalue weighted by Crippen LogP contribution is -2.39. The second-order valence-corrected chi connectivity index (χ2v) is 10.2. The summed E-state index contributed by atoms with van der Waals surface area (Å²) in [6.07, 6.45) is 7.40. The molecule has 0 unspecified atom stereocenters. The summed E-state index contributed by atoms with van der Waals surface area (Å²) >= 11 is 0. The number of aromatic nitrogens is 2. The van der Waals surface area contributed by atoms with E-state index in [2.05, 4.69) is 27.3 Å². The average molecular weight is 548 g/mol. The normalized spacial score (nSPS) is 13.3. The lowest BCUT2D eigenvalue weighted by molar-refractivity contribution is -0.215. The van der Waals surface area contributed by atoms with Crippen LogP contribution in [0.3, 0.4) is 0 Å². The molecule has 40 heavy (non-hydrogen) atoms. The van der Waals surface area contributed by atoms with E-state index < -0.39 is 12.0 Å². The van der Waals surface area contributed by atoms with Crippen molar-refractivity contribution >= 4 is 11.8 Å². The topological polar surface area (TPSA) is 112 Å². The van der Waals surface area contributed by atoms with Crippen LogP contribution in [0.4, 0.5) is 5.82 Å². The van der Waals surface area contributed by atoms with Crippen LogP contribution in [0.25, 0.3) is 0 Å². The van der Waals surface area contributed by atoms with Gasteiger partial charge in [0.1, 0.15) is 24.2 Å². The number of anilines is 1. The van der Waals surface area contributed by atoms with Crippen molar-refractivity contribution in [2.45, 2.75) is 58.4 Å². The fourth-order valence-corrected chi connectivity index (χ4v) is 4.63. The summed E-state index contributed by atoms with van der Waals surface area (Å²) in [7, 11) is 0. The third-order valence-corrected chi connectivity index (χ3v) is 7.10. The zero-order valence-corrected chi connectivity index (χ0v) is 23.6. The molecule has 0 amide bonds. The fourth-order valence-electron chi connectivity index (χ4n) is 4.63. The van der Waals surface area contributed by atoms with Crippen LogP contribution in [-0.4, -0.2) is 59.7 Å². The lowest BCUT2D eigenvalue weighted by Gasteiger charge is -2.24.